The van der Waals surface area contributed by atoms with Crippen LogP contribution >= 0.6 is 12.4 Å². The lowest BCUT2D eigenvalue weighted by Gasteiger charge is -2.46. The number of hydrogen-bond donors (Lipinski definition) is 1. The van der Waals surface area contributed by atoms with Gasteiger partial charge in [-0.05, 0) is 66.2 Å². The van der Waals surface area contributed by atoms with Gasteiger partial charge >= 0.3 is 6.03 Å². The molecule has 1 saturated carbocycles. The molecule has 0 spiro atoms. The van der Waals surface area contributed by atoms with Crippen LogP contribution in [0.2, 0.25) is 0 Å². The average Bonchev–Trinajstić information content (AvgIpc) is 2.85. The van der Waals surface area contributed by atoms with E-state index in [0.29, 0.717) is 49.6 Å². The molecule has 0 unspecified atom stereocenters. The number of nitrogens with zero attached hydrogens (tertiary/aromatic N) is 3. The van der Waals surface area contributed by atoms with Crippen LogP contribution in [0.4, 0.5) is 10.5 Å². The van der Waals surface area contributed by atoms with Gasteiger partial charge < -0.3 is 19.9 Å². The summed E-state index contributed by atoms with van der Waals surface area (Å²) in [5.74, 6) is 0.548. The number of anilines is 1. The Kier molecular flexibility index (Phi) is 10.6. The minimum absolute atomic E-state index is 0. The van der Waals surface area contributed by atoms with E-state index in [1.54, 1.807) is 0 Å². The van der Waals surface area contributed by atoms with Gasteiger partial charge in [-0.2, -0.15) is 0 Å². The number of morpholine rings is 1. The molecule has 0 radical (unpaired) electrons. The molecule has 7 heteroatoms. The van der Waals surface area contributed by atoms with Gasteiger partial charge in [-0.3, -0.25) is 4.90 Å². The van der Waals surface area contributed by atoms with Crippen LogP contribution < -0.4 is 10.2 Å². The molecule has 1 aromatic rings. The molecule has 4 rings (SSSR count). The number of nitrogens with one attached hydrogen (secondary N) is 1. The number of rotatable bonds is 7. The number of hydrogen-bond acceptors (Lipinski definition) is 4. The zero-order valence-corrected chi connectivity index (χ0v) is 24.8. The van der Waals surface area contributed by atoms with Gasteiger partial charge in [-0.1, -0.05) is 53.2 Å². The molecule has 1 aliphatic carbocycles. The van der Waals surface area contributed by atoms with Crippen LogP contribution in [0.1, 0.15) is 83.8 Å². The highest BCUT2D eigenvalue weighted by atomic mass is 35.5. The summed E-state index contributed by atoms with van der Waals surface area (Å²) >= 11 is 0. The molecule has 2 heterocycles. The minimum Gasteiger partial charge on any atom is -0.378 e. The topological polar surface area (TPSA) is 48.0 Å². The summed E-state index contributed by atoms with van der Waals surface area (Å²) in [5, 5.41) is 3.17. The van der Waals surface area contributed by atoms with Crippen LogP contribution in [0.3, 0.4) is 0 Å². The summed E-state index contributed by atoms with van der Waals surface area (Å²) in [6.07, 6.45) is 6.29. The SMILES string of the molecule is CCCCN1CCN(c2ccc(CNC(=O)N3CCOCC3)cc2C2CC(C)(C)CC(C)(C)C2)CC1.Cl. The second-order valence-electron chi connectivity index (χ2n) is 12.9. The largest absolute Gasteiger partial charge is 0.378 e. The lowest BCUT2D eigenvalue weighted by molar-refractivity contribution is 0.0531. The summed E-state index contributed by atoms with van der Waals surface area (Å²) in [4.78, 5) is 19.8. The van der Waals surface area contributed by atoms with Crippen LogP contribution in [0.15, 0.2) is 18.2 Å². The Morgan fingerprint density at radius 2 is 1.65 bits per heavy atom. The van der Waals surface area contributed by atoms with E-state index < -0.39 is 0 Å². The highest BCUT2D eigenvalue weighted by Crippen LogP contribution is 2.53. The Hall–Kier alpha value is -1.50. The molecule has 3 fully saturated rings. The van der Waals surface area contributed by atoms with Crippen molar-refractivity contribution < 1.29 is 9.53 Å². The Labute approximate surface area is 231 Å². The first-order valence-electron chi connectivity index (χ1n) is 14.4. The quantitative estimate of drug-likeness (QED) is 0.473. The summed E-state index contributed by atoms with van der Waals surface area (Å²) in [6.45, 7) is 21.0. The number of benzene rings is 1. The normalized spacial score (nSPS) is 22.4. The van der Waals surface area contributed by atoms with Crippen molar-refractivity contribution >= 4 is 24.1 Å². The molecule has 2 saturated heterocycles. The zero-order valence-electron chi connectivity index (χ0n) is 24.0. The third-order valence-electron chi connectivity index (χ3n) is 8.37. The predicted octanol–water partition coefficient (Wildman–Crippen LogP) is 5.89. The fraction of sp³-hybridized carbons (Fsp3) is 0.767. The number of urea groups is 1. The van der Waals surface area contributed by atoms with Crippen molar-refractivity contribution in [2.75, 3.05) is 63.9 Å². The predicted molar refractivity (Wildman–Crippen MR) is 156 cm³/mol. The van der Waals surface area contributed by atoms with Crippen LogP contribution in [0.5, 0.6) is 0 Å². The summed E-state index contributed by atoms with van der Waals surface area (Å²) in [6, 6.07) is 7.02. The fourth-order valence-electron chi connectivity index (χ4n) is 7.04. The Balaban J connectivity index is 0.00000380. The maximum absolute atomic E-state index is 12.7. The van der Waals surface area contributed by atoms with Crippen molar-refractivity contribution in [3.8, 4) is 0 Å². The van der Waals surface area contributed by atoms with E-state index in [4.69, 9.17) is 4.74 Å². The van der Waals surface area contributed by atoms with Crippen molar-refractivity contribution in [3.05, 3.63) is 29.3 Å². The highest BCUT2D eigenvalue weighted by Gasteiger charge is 2.40. The van der Waals surface area contributed by atoms with E-state index in [2.05, 4.69) is 67.9 Å². The lowest BCUT2D eigenvalue weighted by atomic mass is 9.60. The molecule has 6 nitrogen and oxygen atoms in total. The Morgan fingerprint density at radius 3 is 2.27 bits per heavy atom. The van der Waals surface area contributed by atoms with Gasteiger partial charge in [0.25, 0.3) is 0 Å². The molecule has 1 aromatic carbocycles. The summed E-state index contributed by atoms with van der Waals surface area (Å²) in [5.41, 5.74) is 4.80. The van der Waals surface area contributed by atoms with Gasteiger partial charge in [0.2, 0.25) is 0 Å². The van der Waals surface area contributed by atoms with E-state index in [-0.39, 0.29) is 18.4 Å². The van der Waals surface area contributed by atoms with Crippen molar-refractivity contribution in [1.82, 2.24) is 15.1 Å². The van der Waals surface area contributed by atoms with E-state index in [1.807, 2.05) is 4.90 Å². The number of carbonyl (C=O) groups is 1. The van der Waals surface area contributed by atoms with E-state index in [0.717, 1.165) is 26.2 Å². The van der Waals surface area contributed by atoms with Crippen molar-refractivity contribution in [3.63, 3.8) is 0 Å². The molecule has 2 aliphatic heterocycles. The molecule has 37 heavy (non-hydrogen) atoms. The van der Waals surface area contributed by atoms with Gasteiger partial charge in [0.05, 0.1) is 13.2 Å². The van der Waals surface area contributed by atoms with Gasteiger partial charge in [0, 0.05) is 51.5 Å². The van der Waals surface area contributed by atoms with E-state index in [9.17, 15) is 4.79 Å². The van der Waals surface area contributed by atoms with Gasteiger partial charge in [0.1, 0.15) is 0 Å². The number of ether oxygens (including phenoxy) is 1. The maximum Gasteiger partial charge on any atom is 0.317 e. The standard InChI is InChI=1S/C30H50N4O2.ClH/c1-6-7-10-32-11-13-33(14-12-32)27-9-8-24(22-31-28(35)34-15-17-36-18-16-34)19-26(27)25-20-29(2,3)23-30(4,5)21-25;/h8-9,19,25H,6-7,10-18,20-23H2,1-5H3,(H,31,35);1H. The maximum atomic E-state index is 12.7. The molecule has 0 aromatic heterocycles. The van der Waals surface area contributed by atoms with Gasteiger partial charge in [0.15, 0.2) is 0 Å². The first kappa shape index (κ1) is 30.0. The second kappa shape index (κ2) is 13.0. The van der Waals surface area contributed by atoms with Crippen molar-refractivity contribution in [2.45, 2.75) is 79.2 Å². The van der Waals surface area contributed by atoms with E-state index >= 15 is 0 Å². The first-order chi connectivity index (χ1) is 17.2. The molecular weight excluding hydrogens is 484 g/mol. The van der Waals surface area contributed by atoms with Gasteiger partial charge in [-0.25, -0.2) is 4.79 Å². The zero-order chi connectivity index (χ0) is 25.8. The number of amides is 2. The van der Waals surface area contributed by atoms with Crippen molar-refractivity contribution in [1.29, 1.82) is 0 Å². The Morgan fingerprint density at radius 1 is 1.00 bits per heavy atom. The third kappa shape index (κ3) is 8.24. The first-order valence-corrected chi connectivity index (χ1v) is 14.4. The summed E-state index contributed by atoms with van der Waals surface area (Å²) in [7, 11) is 0. The third-order valence-corrected chi connectivity index (χ3v) is 8.37. The minimum atomic E-state index is 0. The van der Waals surface area contributed by atoms with Gasteiger partial charge in [-0.15, -0.1) is 12.4 Å². The number of unbranched alkanes of at least 4 members (excludes halogenated alkanes) is 1. The molecule has 0 bridgehead atoms. The van der Waals surface area contributed by atoms with Crippen molar-refractivity contribution in [2.24, 2.45) is 10.8 Å². The van der Waals surface area contributed by atoms with Crippen LogP contribution in [0, 0.1) is 10.8 Å². The average molecular weight is 535 g/mol. The second-order valence-corrected chi connectivity index (χ2v) is 12.9. The van der Waals surface area contributed by atoms with Crippen LogP contribution in [-0.2, 0) is 11.3 Å². The Bertz CT molecular complexity index is 860. The number of carbonyl (C=O) groups excluding carboxylic acids is 1. The molecule has 1 N–H and O–H groups in total. The monoisotopic (exact) mass is 534 g/mol. The molecule has 210 valence electrons. The van der Waals surface area contributed by atoms with E-state index in [1.165, 1.54) is 55.5 Å². The molecule has 2 amide bonds. The summed E-state index contributed by atoms with van der Waals surface area (Å²) < 4.78 is 5.40. The van der Waals surface area contributed by atoms with Crippen LogP contribution in [0.25, 0.3) is 0 Å². The smallest absolute Gasteiger partial charge is 0.317 e. The number of piperazine rings is 1. The molecule has 3 aliphatic rings. The highest BCUT2D eigenvalue weighted by molar-refractivity contribution is 5.85. The molecule has 0 atom stereocenters. The van der Waals surface area contributed by atoms with Crippen LogP contribution in [-0.4, -0.2) is 74.9 Å². The fourth-order valence-corrected chi connectivity index (χ4v) is 7.04. The molecular formula is C30H51ClN4O2. The number of halogens is 1. The lowest BCUT2D eigenvalue weighted by Crippen LogP contribution is -2.47.